The highest BCUT2D eigenvalue weighted by Gasteiger charge is 2.32. The fourth-order valence-electron chi connectivity index (χ4n) is 0.876. The summed E-state index contributed by atoms with van der Waals surface area (Å²) in [5.41, 5.74) is -0.937. The smallest absolute Gasteiger partial charge is 0.204 e. The lowest BCUT2D eigenvalue weighted by molar-refractivity contribution is -0.137. The molecule has 0 aliphatic rings. The molecule has 1 aromatic carbocycles. The molecular formula is C8H5ClF4S. The van der Waals surface area contributed by atoms with E-state index in [0.717, 1.165) is 17.8 Å². The maximum atomic E-state index is 13.1. The van der Waals surface area contributed by atoms with Crippen LogP contribution in [0.25, 0.3) is 0 Å². The van der Waals surface area contributed by atoms with E-state index in [1.54, 1.807) is 0 Å². The largest absolute Gasteiger partial charge is 0.416 e. The average Bonchev–Trinajstić information content (AvgIpc) is 2.07. The number of rotatable bonds is 1. The molecule has 0 bridgehead atoms. The summed E-state index contributed by atoms with van der Waals surface area (Å²) in [7, 11) is 0. The van der Waals surface area contributed by atoms with Gasteiger partial charge >= 0.3 is 6.18 Å². The Hall–Kier alpha value is -0.420. The highest BCUT2D eigenvalue weighted by atomic mass is 35.5. The monoisotopic (exact) mass is 244 g/mol. The second-order valence-electron chi connectivity index (χ2n) is 2.47. The lowest BCUT2D eigenvalue weighted by atomic mass is 10.2. The molecule has 14 heavy (non-hydrogen) atoms. The van der Waals surface area contributed by atoms with Crippen LogP contribution in [0.5, 0.6) is 0 Å². The Kier molecular flexibility index (Phi) is 3.32. The van der Waals surface area contributed by atoms with Gasteiger partial charge in [-0.2, -0.15) is 13.2 Å². The summed E-state index contributed by atoms with van der Waals surface area (Å²) in [6, 6.07) is 1.32. The SMILES string of the molecule is CSc1cc(C(F)(F)F)cc(Cl)c1F. The van der Waals surface area contributed by atoms with Gasteiger partial charge < -0.3 is 0 Å². The summed E-state index contributed by atoms with van der Waals surface area (Å²) in [5.74, 6) is -0.813. The van der Waals surface area contributed by atoms with E-state index in [0.29, 0.717) is 6.07 Å². The molecule has 0 aliphatic carbocycles. The Labute approximate surface area is 87.2 Å². The Bertz CT molecular complexity index is 348. The third-order valence-electron chi connectivity index (χ3n) is 1.54. The number of halogens is 5. The molecule has 0 spiro atoms. The van der Waals surface area contributed by atoms with Gasteiger partial charge in [0, 0.05) is 4.90 Å². The number of benzene rings is 1. The van der Waals surface area contributed by atoms with Gasteiger partial charge in [-0.15, -0.1) is 11.8 Å². The van der Waals surface area contributed by atoms with E-state index in [1.165, 1.54) is 6.26 Å². The number of hydrogen-bond donors (Lipinski definition) is 0. The van der Waals surface area contributed by atoms with Crippen LogP contribution in [0.4, 0.5) is 17.6 Å². The summed E-state index contributed by atoms with van der Waals surface area (Å²) in [4.78, 5) is -0.107. The van der Waals surface area contributed by atoms with Gasteiger partial charge in [0.2, 0.25) is 0 Å². The summed E-state index contributed by atoms with van der Waals surface area (Å²) >= 11 is 6.20. The van der Waals surface area contributed by atoms with E-state index >= 15 is 0 Å². The predicted octanol–water partition coefficient (Wildman–Crippen LogP) is 4.22. The number of thioether (sulfide) groups is 1. The van der Waals surface area contributed by atoms with E-state index in [-0.39, 0.29) is 4.90 Å². The molecule has 0 nitrogen and oxygen atoms in total. The molecule has 0 N–H and O–H groups in total. The molecule has 0 heterocycles. The second kappa shape index (κ2) is 3.98. The van der Waals surface area contributed by atoms with Crippen LogP contribution < -0.4 is 0 Å². The first-order valence-electron chi connectivity index (χ1n) is 3.46. The predicted molar refractivity (Wildman–Crippen MR) is 48.2 cm³/mol. The molecule has 0 aliphatic heterocycles. The third kappa shape index (κ3) is 2.33. The fourth-order valence-corrected chi connectivity index (χ4v) is 1.69. The van der Waals surface area contributed by atoms with Crippen LogP contribution in [0.15, 0.2) is 17.0 Å². The van der Waals surface area contributed by atoms with Gasteiger partial charge in [0.1, 0.15) is 0 Å². The molecule has 0 saturated heterocycles. The van der Waals surface area contributed by atoms with Crippen molar-refractivity contribution in [2.45, 2.75) is 11.1 Å². The minimum Gasteiger partial charge on any atom is -0.204 e. The van der Waals surface area contributed by atoms with Gasteiger partial charge in [0.25, 0.3) is 0 Å². The minimum absolute atomic E-state index is 0.107. The Balaban J connectivity index is 3.30. The topological polar surface area (TPSA) is 0 Å². The van der Waals surface area contributed by atoms with Crippen molar-refractivity contribution in [1.29, 1.82) is 0 Å². The molecule has 0 saturated carbocycles. The maximum absolute atomic E-state index is 13.1. The molecule has 0 unspecified atom stereocenters. The van der Waals surface area contributed by atoms with Gasteiger partial charge in [0.15, 0.2) is 5.82 Å². The Morgan fingerprint density at radius 2 is 1.86 bits per heavy atom. The van der Waals surface area contributed by atoms with E-state index in [2.05, 4.69) is 0 Å². The molecule has 0 fully saturated rings. The number of hydrogen-bond acceptors (Lipinski definition) is 1. The van der Waals surface area contributed by atoms with Crippen LogP contribution in [0.3, 0.4) is 0 Å². The number of alkyl halides is 3. The lowest BCUT2D eigenvalue weighted by Gasteiger charge is -2.09. The molecule has 1 rings (SSSR count). The zero-order valence-corrected chi connectivity index (χ0v) is 8.53. The first kappa shape index (κ1) is 11.7. The van der Waals surface area contributed by atoms with Gasteiger partial charge in [-0.3, -0.25) is 0 Å². The average molecular weight is 245 g/mol. The van der Waals surface area contributed by atoms with Crippen LogP contribution >= 0.6 is 23.4 Å². The summed E-state index contributed by atoms with van der Waals surface area (Å²) in [6.45, 7) is 0. The van der Waals surface area contributed by atoms with Crippen molar-refractivity contribution in [3.8, 4) is 0 Å². The third-order valence-corrected chi connectivity index (χ3v) is 2.55. The van der Waals surface area contributed by atoms with Gasteiger partial charge in [-0.1, -0.05) is 11.6 Å². The lowest BCUT2D eigenvalue weighted by Crippen LogP contribution is -2.05. The molecular weight excluding hydrogens is 240 g/mol. The normalized spacial score (nSPS) is 11.9. The zero-order chi connectivity index (χ0) is 10.9. The van der Waals surface area contributed by atoms with Crippen molar-refractivity contribution in [3.05, 3.63) is 28.5 Å². The highest BCUT2D eigenvalue weighted by Crippen LogP contribution is 2.35. The fraction of sp³-hybridized carbons (Fsp3) is 0.250. The van der Waals surface area contributed by atoms with Crippen LogP contribution in [-0.2, 0) is 6.18 Å². The standard InChI is InChI=1S/C8H5ClF4S/c1-14-6-3-4(8(11,12)13)2-5(9)7(6)10/h2-3H,1H3. The van der Waals surface area contributed by atoms with Crippen molar-refractivity contribution >= 4 is 23.4 Å². The van der Waals surface area contributed by atoms with Crippen molar-refractivity contribution in [2.24, 2.45) is 0 Å². The molecule has 0 atom stereocenters. The van der Waals surface area contributed by atoms with Crippen LogP contribution in [0.1, 0.15) is 5.56 Å². The molecule has 6 heteroatoms. The zero-order valence-electron chi connectivity index (χ0n) is 6.95. The van der Waals surface area contributed by atoms with E-state index < -0.39 is 22.6 Å². The minimum atomic E-state index is -4.50. The summed E-state index contributed by atoms with van der Waals surface area (Å²) < 4.78 is 49.7. The second-order valence-corrected chi connectivity index (χ2v) is 3.73. The molecule has 0 amide bonds. The highest BCUT2D eigenvalue weighted by molar-refractivity contribution is 7.98. The molecule has 0 aromatic heterocycles. The first-order chi connectivity index (χ1) is 6.36. The molecule has 78 valence electrons. The van der Waals surface area contributed by atoms with Crippen molar-refractivity contribution in [3.63, 3.8) is 0 Å². The van der Waals surface area contributed by atoms with Crippen LogP contribution in [-0.4, -0.2) is 6.26 Å². The Morgan fingerprint density at radius 3 is 2.29 bits per heavy atom. The van der Waals surface area contributed by atoms with E-state index in [9.17, 15) is 17.6 Å². The van der Waals surface area contributed by atoms with E-state index in [1.807, 2.05) is 0 Å². The van der Waals surface area contributed by atoms with E-state index in [4.69, 9.17) is 11.6 Å². The van der Waals surface area contributed by atoms with Gasteiger partial charge in [-0.25, -0.2) is 4.39 Å². The quantitative estimate of drug-likeness (QED) is 0.527. The Morgan fingerprint density at radius 1 is 1.29 bits per heavy atom. The van der Waals surface area contributed by atoms with Crippen molar-refractivity contribution < 1.29 is 17.6 Å². The first-order valence-corrected chi connectivity index (χ1v) is 5.06. The van der Waals surface area contributed by atoms with Crippen LogP contribution in [0.2, 0.25) is 5.02 Å². The molecule has 1 aromatic rings. The van der Waals surface area contributed by atoms with Crippen LogP contribution in [0, 0.1) is 5.82 Å². The summed E-state index contributed by atoms with van der Waals surface area (Å²) in [6.07, 6.45) is -3.02. The molecule has 0 radical (unpaired) electrons. The summed E-state index contributed by atoms with van der Waals surface area (Å²) in [5, 5.41) is -0.510. The van der Waals surface area contributed by atoms with Gasteiger partial charge in [-0.05, 0) is 18.4 Å². The van der Waals surface area contributed by atoms with Gasteiger partial charge in [0.05, 0.1) is 10.6 Å². The maximum Gasteiger partial charge on any atom is 0.416 e. The van der Waals surface area contributed by atoms with Crippen molar-refractivity contribution in [1.82, 2.24) is 0 Å². The van der Waals surface area contributed by atoms with Crippen molar-refractivity contribution in [2.75, 3.05) is 6.26 Å².